The molecule has 0 spiro atoms. The lowest BCUT2D eigenvalue weighted by Crippen LogP contribution is -2.03. The van der Waals surface area contributed by atoms with Crippen LogP contribution in [0.5, 0.6) is 0 Å². The fourth-order valence-electron chi connectivity index (χ4n) is 1.66. The Balaban J connectivity index is 2.20. The molecule has 21 heavy (non-hydrogen) atoms. The lowest BCUT2D eigenvalue weighted by molar-refractivity contribution is -0.137. The molecule has 0 saturated carbocycles. The smallest absolute Gasteiger partial charge is 0.416 e. The number of rotatable bonds is 5. The zero-order chi connectivity index (χ0) is 15.5. The number of alkyl halides is 3. The predicted octanol–water partition coefficient (Wildman–Crippen LogP) is 3.84. The molecule has 0 aliphatic heterocycles. The largest absolute Gasteiger partial charge is 0.467 e. The molecular formula is C13H9BrF3NO3. The number of carbonyl (C=O) groups is 1. The third kappa shape index (κ3) is 3.63. The van der Waals surface area contributed by atoms with Crippen molar-refractivity contribution < 1.29 is 27.2 Å². The van der Waals surface area contributed by atoms with E-state index in [9.17, 15) is 18.0 Å². The van der Waals surface area contributed by atoms with E-state index in [1.54, 1.807) is 0 Å². The van der Waals surface area contributed by atoms with Gasteiger partial charge in [-0.2, -0.15) is 13.2 Å². The molecule has 1 aromatic heterocycles. The van der Waals surface area contributed by atoms with E-state index in [1.807, 2.05) is 0 Å². The molecule has 0 bridgehead atoms. The standard InChI is InChI=1S/C13H9BrF3NO3/c14-11-10(5-6-20-7-19)18-21-12(11)8-1-3-9(4-2-8)13(15,16)17/h1-4,7H,5-6H2. The van der Waals surface area contributed by atoms with Gasteiger partial charge in [0.1, 0.15) is 5.69 Å². The summed E-state index contributed by atoms with van der Waals surface area (Å²) in [5.41, 5.74) is 0.248. The number of carbonyl (C=O) groups excluding carboxylic acids is 1. The number of aromatic nitrogens is 1. The van der Waals surface area contributed by atoms with E-state index in [-0.39, 0.29) is 6.61 Å². The Bertz CT molecular complexity index is 623. The summed E-state index contributed by atoms with van der Waals surface area (Å²) in [6.07, 6.45) is -4.04. The highest BCUT2D eigenvalue weighted by atomic mass is 79.9. The molecule has 0 aliphatic carbocycles. The molecule has 0 atom stereocenters. The maximum atomic E-state index is 12.5. The van der Waals surface area contributed by atoms with Crippen LogP contribution in [-0.4, -0.2) is 18.2 Å². The van der Waals surface area contributed by atoms with Crippen LogP contribution in [0.15, 0.2) is 33.3 Å². The van der Waals surface area contributed by atoms with Crippen molar-refractivity contribution >= 4 is 22.4 Å². The molecule has 1 heterocycles. The lowest BCUT2D eigenvalue weighted by atomic mass is 10.1. The summed E-state index contributed by atoms with van der Waals surface area (Å²) in [6.45, 7) is 0.464. The van der Waals surface area contributed by atoms with Crippen molar-refractivity contribution in [2.45, 2.75) is 12.6 Å². The number of halogens is 4. The minimum absolute atomic E-state index is 0.140. The first-order chi connectivity index (χ1) is 9.93. The number of hydrogen-bond acceptors (Lipinski definition) is 4. The van der Waals surface area contributed by atoms with Crippen LogP contribution in [0.4, 0.5) is 13.2 Å². The summed E-state index contributed by atoms with van der Waals surface area (Å²) in [4.78, 5) is 10.0. The Hall–Kier alpha value is -1.83. The van der Waals surface area contributed by atoms with Crippen LogP contribution in [0.2, 0.25) is 0 Å². The monoisotopic (exact) mass is 363 g/mol. The van der Waals surface area contributed by atoms with Crippen molar-refractivity contribution in [3.8, 4) is 11.3 Å². The van der Waals surface area contributed by atoms with Gasteiger partial charge in [-0.15, -0.1) is 0 Å². The lowest BCUT2D eigenvalue weighted by Gasteiger charge is -2.06. The summed E-state index contributed by atoms with van der Waals surface area (Å²) in [5.74, 6) is 0.324. The Morgan fingerprint density at radius 2 is 1.95 bits per heavy atom. The van der Waals surface area contributed by atoms with Crippen LogP contribution >= 0.6 is 15.9 Å². The number of nitrogens with zero attached hydrogens (tertiary/aromatic N) is 1. The topological polar surface area (TPSA) is 52.3 Å². The average molecular weight is 364 g/mol. The molecule has 4 nitrogen and oxygen atoms in total. The predicted molar refractivity (Wildman–Crippen MR) is 70.4 cm³/mol. The summed E-state index contributed by atoms with van der Waals surface area (Å²) in [5, 5.41) is 3.80. The first-order valence-electron chi connectivity index (χ1n) is 5.80. The van der Waals surface area contributed by atoms with Crippen molar-refractivity contribution in [1.82, 2.24) is 5.16 Å². The van der Waals surface area contributed by atoms with E-state index < -0.39 is 11.7 Å². The van der Waals surface area contributed by atoms with E-state index in [4.69, 9.17) is 4.52 Å². The zero-order valence-corrected chi connectivity index (χ0v) is 12.1. The second-order valence-corrected chi connectivity index (χ2v) is 4.86. The minimum atomic E-state index is -4.38. The number of benzene rings is 1. The molecule has 0 aliphatic rings. The maximum Gasteiger partial charge on any atom is 0.416 e. The molecule has 0 amide bonds. The Morgan fingerprint density at radius 1 is 1.29 bits per heavy atom. The molecule has 112 valence electrons. The third-order valence-corrected chi connectivity index (χ3v) is 3.52. The number of hydrogen-bond donors (Lipinski definition) is 0. The minimum Gasteiger partial charge on any atom is -0.467 e. The van der Waals surface area contributed by atoms with Gasteiger partial charge in [-0.3, -0.25) is 4.79 Å². The highest BCUT2D eigenvalue weighted by Gasteiger charge is 2.30. The Kier molecular flexibility index (Phi) is 4.66. The van der Waals surface area contributed by atoms with Crippen molar-refractivity contribution in [3.05, 3.63) is 40.0 Å². The molecule has 2 rings (SSSR count). The summed E-state index contributed by atoms with van der Waals surface area (Å²) >= 11 is 3.28. The van der Waals surface area contributed by atoms with E-state index in [0.29, 0.717) is 34.4 Å². The maximum absolute atomic E-state index is 12.5. The van der Waals surface area contributed by atoms with Gasteiger partial charge in [0, 0.05) is 12.0 Å². The SMILES string of the molecule is O=COCCc1noc(-c2ccc(C(F)(F)F)cc2)c1Br. The highest BCUT2D eigenvalue weighted by Crippen LogP contribution is 2.34. The van der Waals surface area contributed by atoms with Gasteiger partial charge < -0.3 is 9.26 Å². The van der Waals surface area contributed by atoms with E-state index in [2.05, 4.69) is 25.8 Å². The van der Waals surface area contributed by atoms with Gasteiger partial charge in [-0.05, 0) is 28.1 Å². The summed E-state index contributed by atoms with van der Waals surface area (Å²) in [6, 6.07) is 4.55. The van der Waals surface area contributed by atoms with Gasteiger partial charge >= 0.3 is 6.18 Å². The molecule has 0 saturated heterocycles. The van der Waals surface area contributed by atoms with Crippen LogP contribution in [0, 0.1) is 0 Å². The fraction of sp³-hybridized carbons (Fsp3) is 0.231. The van der Waals surface area contributed by atoms with E-state index >= 15 is 0 Å². The second kappa shape index (κ2) is 6.30. The molecule has 0 unspecified atom stereocenters. The van der Waals surface area contributed by atoms with Crippen LogP contribution in [-0.2, 0) is 22.1 Å². The first kappa shape index (κ1) is 15.6. The van der Waals surface area contributed by atoms with Gasteiger partial charge in [0.25, 0.3) is 6.47 Å². The van der Waals surface area contributed by atoms with Crippen LogP contribution in [0.3, 0.4) is 0 Å². The Labute approximate surface area is 126 Å². The average Bonchev–Trinajstić information content (AvgIpc) is 2.80. The Morgan fingerprint density at radius 3 is 2.52 bits per heavy atom. The van der Waals surface area contributed by atoms with Crippen molar-refractivity contribution in [2.24, 2.45) is 0 Å². The molecule has 1 aromatic carbocycles. The van der Waals surface area contributed by atoms with Crippen LogP contribution in [0.25, 0.3) is 11.3 Å². The second-order valence-electron chi connectivity index (χ2n) is 4.06. The number of ether oxygens (including phenoxy) is 1. The summed E-state index contributed by atoms with van der Waals surface area (Å²) in [7, 11) is 0. The molecule has 8 heteroatoms. The van der Waals surface area contributed by atoms with Crippen LogP contribution in [0.1, 0.15) is 11.3 Å². The summed E-state index contributed by atoms with van der Waals surface area (Å²) < 4.78 is 47.7. The molecule has 0 radical (unpaired) electrons. The van der Waals surface area contributed by atoms with Gasteiger partial charge in [0.15, 0.2) is 5.76 Å². The quantitative estimate of drug-likeness (QED) is 0.598. The molecule has 0 N–H and O–H groups in total. The highest BCUT2D eigenvalue weighted by molar-refractivity contribution is 9.10. The first-order valence-corrected chi connectivity index (χ1v) is 6.59. The van der Waals surface area contributed by atoms with Gasteiger partial charge in [-0.1, -0.05) is 17.3 Å². The molecular weight excluding hydrogens is 355 g/mol. The van der Waals surface area contributed by atoms with Crippen molar-refractivity contribution in [2.75, 3.05) is 6.61 Å². The van der Waals surface area contributed by atoms with Crippen molar-refractivity contribution in [1.29, 1.82) is 0 Å². The molecule has 2 aromatic rings. The van der Waals surface area contributed by atoms with E-state index in [0.717, 1.165) is 12.1 Å². The van der Waals surface area contributed by atoms with Crippen molar-refractivity contribution in [3.63, 3.8) is 0 Å². The fourth-order valence-corrected chi connectivity index (χ4v) is 2.23. The molecule has 0 fully saturated rings. The van der Waals surface area contributed by atoms with Crippen LogP contribution < -0.4 is 0 Å². The van der Waals surface area contributed by atoms with Gasteiger partial charge in [0.05, 0.1) is 16.6 Å². The third-order valence-electron chi connectivity index (χ3n) is 2.70. The normalized spacial score (nSPS) is 11.4. The zero-order valence-electron chi connectivity index (χ0n) is 10.5. The van der Waals surface area contributed by atoms with E-state index in [1.165, 1.54) is 12.1 Å². The van der Waals surface area contributed by atoms with Gasteiger partial charge in [0.2, 0.25) is 0 Å². The van der Waals surface area contributed by atoms with Gasteiger partial charge in [-0.25, -0.2) is 0 Å².